The summed E-state index contributed by atoms with van der Waals surface area (Å²) in [4.78, 5) is 10.9. The molecule has 0 unspecified atom stereocenters. The quantitative estimate of drug-likeness (QED) is 0.647. The van der Waals surface area contributed by atoms with Gasteiger partial charge in [0.05, 0.1) is 20.3 Å². The standard InChI is InChI=1S/C12H15BrO4/c1-16-12(15)3-2-6-17-11-5-4-10(13)7-9(11)8-14/h4-5,7,14H,2-3,6,8H2,1H3. The largest absolute Gasteiger partial charge is 0.493 e. The van der Waals surface area contributed by atoms with E-state index in [1.165, 1.54) is 7.11 Å². The molecule has 0 aliphatic rings. The van der Waals surface area contributed by atoms with E-state index in [2.05, 4.69) is 20.7 Å². The number of benzene rings is 1. The topological polar surface area (TPSA) is 55.8 Å². The van der Waals surface area contributed by atoms with Crippen LogP contribution in [0.4, 0.5) is 0 Å². The highest BCUT2D eigenvalue weighted by Gasteiger charge is 2.04. The Kier molecular flexibility index (Phi) is 6.00. The van der Waals surface area contributed by atoms with E-state index >= 15 is 0 Å². The first-order chi connectivity index (χ1) is 8.17. The average Bonchev–Trinajstić information content (AvgIpc) is 2.35. The molecule has 17 heavy (non-hydrogen) atoms. The molecule has 0 fully saturated rings. The Morgan fingerprint density at radius 1 is 1.47 bits per heavy atom. The van der Waals surface area contributed by atoms with Crippen LogP contribution in [0.5, 0.6) is 5.75 Å². The molecular weight excluding hydrogens is 288 g/mol. The minimum absolute atomic E-state index is 0.0776. The zero-order valence-electron chi connectivity index (χ0n) is 9.61. The maximum Gasteiger partial charge on any atom is 0.305 e. The van der Waals surface area contributed by atoms with Gasteiger partial charge in [-0.3, -0.25) is 4.79 Å². The molecule has 1 N–H and O–H groups in total. The molecule has 1 rings (SSSR count). The predicted octanol–water partition coefficient (Wildman–Crippen LogP) is 2.27. The number of halogens is 1. The SMILES string of the molecule is COC(=O)CCCOc1ccc(Br)cc1CO. The van der Waals surface area contributed by atoms with Crippen molar-refractivity contribution in [2.24, 2.45) is 0 Å². The molecule has 0 saturated heterocycles. The number of carbonyl (C=O) groups is 1. The molecule has 0 atom stereocenters. The molecule has 94 valence electrons. The van der Waals surface area contributed by atoms with Crippen molar-refractivity contribution in [3.63, 3.8) is 0 Å². The van der Waals surface area contributed by atoms with Gasteiger partial charge in [-0.15, -0.1) is 0 Å². The molecule has 1 aromatic rings. The third-order valence-electron chi connectivity index (χ3n) is 2.20. The number of carbonyl (C=O) groups excluding carboxylic acids is 1. The highest BCUT2D eigenvalue weighted by molar-refractivity contribution is 9.10. The van der Waals surface area contributed by atoms with Gasteiger partial charge in [0.25, 0.3) is 0 Å². The smallest absolute Gasteiger partial charge is 0.305 e. The molecule has 0 amide bonds. The third-order valence-corrected chi connectivity index (χ3v) is 2.70. The fourth-order valence-corrected chi connectivity index (χ4v) is 1.72. The van der Waals surface area contributed by atoms with Gasteiger partial charge in [-0.25, -0.2) is 0 Å². The van der Waals surface area contributed by atoms with Crippen molar-refractivity contribution in [3.05, 3.63) is 28.2 Å². The highest BCUT2D eigenvalue weighted by atomic mass is 79.9. The number of hydrogen-bond donors (Lipinski definition) is 1. The number of methoxy groups -OCH3 is 1. The predicted molar refractivity (Wildman–Crippen MR) is 66.8 cm³/mol. The van der Waals surface area contributed by atoms with Crippen molar-refractivity contribution in [1.82, 2.24) is 0 Å². The summed E-state index contributed by atoms with van der Waals surface area (Å²) in [7, 11) is 1.36. The molecule has 0 radical (unpaired) electrons. The van der Waals surface area contributed by atoms with E-state index in [4.69, 9.17) is 9.84 Å². The van der Waals surface area contributed by atoms with Gasteiger partial charge >= 0.3 is 5.97 Å². The molecule has 0 aliphatic heterocycles. The Morgan fingerprint density at radius 2 is 2.24 bits per heavy atom. The molecule has 4 nitrogen and oxygen atoms in total. The van der Waals surface area contributed by atoms with E-state index < -0.39 is 0 Å². The minimum Gasteiger partial charge on any atom is -0.493 e. The van der Waals surface area contributed by atoms with Crippen LogP contribution in [0, 0.1) is 0 Å². The van der Waals surface area contributed by atoms with Crippen LogP contribution in [0.2, 0.25) is 0 Å². The fourth-order valence-electron chi connectivity index (χ4n) is 1.31. The van der Waals surface area contributed by atoms with Crippen LogP contribution in [-0.4, -0.2) is 24.8 Å². The van der Waals surface area contributed by atoms with Gasteiger partial charge < -0.3 is 14.6 Å². The van der Waals surface area contributed by atoms with Crippen molar-refractivity contribution in [2.75, 3.05) is 13.7 Å². The molecule has 0 spiro atoms. The molecule has 0 bridgehead atoms. The number of ether oxygens (including phenoxy) is 2. The average molecular weight is 303 g/mol. The number of aliphatic hydroxyl groups excluding tert-OH is 1. The van der Waals surface area contributed by atoms with Gasteiger partial charge in [-0.2, -0.15) is 0 Å². The second-order valence-electron chi connectivity index (χ2n) is 3.44. The van der Waals surface area contributed by atoms with E-state index in [-0.39, 0.29) is 12.6 Å². The summed E-state index contributed by atoms with van der Waals surface area (Å²) in [5.74, 6) is 0.396. The van der Waals surface area contributed by atoms with Crippen LogP contribution in [0.25, 0.3) is 0 Å². The van der Waals surface area contributed by atoms with Crippen LogP contribution in [0.3, 0.4) is 0 Å². The zero-order valence-corrected chi connectivity index (χ0v) is 11.2. The summed E-state index contributed by atoms with van der Waals surface area (Å²) >= 11 is 3.32. The lowest BCUT2D eigenvalue weighted by Crippen LogP contribution is -2.05. The number of aliphatic hydroxyl groups is 1. The monoisotopic (exact) mass is 302 g/mol. The summed E-state index contributed by atoms with van der Waals surface area (Å²) < 4.78 is 10.9. The van der Waals surface area contributed by atoms with Gasteiger partial charge in [0.15, 0.2) is 0 Å². The van der Waals surface area contributed by atoms with E-state index in [1.807, 2.05) is 6.07 Å². The van der Waals surface area contributed by atoms with E-state index in [0.29, 0.717) is 25.2 Å². The first-order valence-corrected chi connectivity index (χ1v) is 6.05. The van der Waals surface area contributed by atoms with Gasteiger partial charge in [0, 0.05) is 16.5 Å². The maximum absolute atomic E-state index is 10.9. The number of esters is 1. The van der Waals surface area contributed by atoms with Crippen molar-refractivity contribution in [2.45, 2.75) is 19.4 Å². The summed E-state index contributed by atoms with van der Waals surface area (Å²) in [6.07, 6.45) is 0.926. The van der Waals surface area contributed by atoms with Gasteiger partial charge in [-0.05, 0) is 24.6 Å². The first kappa shape index (κ1) is 14.0. The van der Waals surface area contributed by atoms with Gasteiger partial charge in [0.2, 0.25) is 0 Å². The second-order valence-corrected chi connectivity index (χ2v) is 4.35. The van der Waals surface area contributed by atoms with Crippen molar-refractivity contribution >= 4 is 21.9 Å². The Balaban J connectivity index is 2.43. The molecular formula is C12H15BrO4. The van der Waals surface area contributed by atoms with Crippen LogP contribution in [0.1, 0.15) is 18.4 Å². The lowest BCUT2D eigenvalue weighted by molar-refractivity contribution is -0.140. The summed E-state index contributed by atoms with van der Waals surface area (Å²) in [5, 5.41) is 9.15. The molecule has 0 saturated carbocycles. The van der Waals surface area contributed by atoms with Crippen LogP contribution < -0.4 is 4.74 Å². The minimum atomic E-state index is -0.244. The molecule has 0 heterocycles. The van der Waals surface area contributed by atoms with Crippen molar-refractivity contribution < 1.29 is 19.4 Å². The summed E-state index contributed by atoms with van der Waals surface area (Å²) in [5.41, 5.74) is 0.720. The van der Waals surface area contributed by atoms with Crippen LogP contribution in [-0.2, 0) is 16.1 Å². The number of rotatable bonds is 6. The summed E-state index contributed by atoms with van der Waals surface area (Å²) in [6, 6.07) is 5.43. The molecule has 1 aromatic carbocycles. The third kappa shape index (κ3) is 4.75. The molecule has 5 heteroatoms. The van der Waals surface area contributed by atoms with Crippen LogP contribution in [0.15, 0.2) is 22.7 Å². The Hall–Kier alpha value is -1.07. The van der Waals surface area contributed by atoms with Crippen molar-refractivity contribution in [1.29, 1.82) is 0 Å². The Bertz CT molecular complexity index is 379. The van der Waals surface area contributed by atoms with Crippen LogP contribution >= 0.6 is 15.9 Å². The normalized spacial score (nSPS) is 10.1. The number of hydrogen-bond acceptors (Lipinski definition) is 4. The van der Waals surface area contributed by atoms with Gasteiger partial charge in [0.1, 0.15) is 5.75 Å². The Labute approximate surface area is 109 Å². The van der Waals surface area contributed by atoms with E-state index in [1.54, 1.807) is 12.1 Å². The Morgan fingerprint density at radius 3 is 2.88 bits per heavy atom. The fraction of sp³-hybridized carbons (Fsp3) is 0.417. The summed E-state index contributed by atoms with van der Waals surface area (Å²) in [6.45, 7) is 0.343. The van der Waals surface area contributed by atoms with Gasteiger partial charge in [-0.1, -0.05) is 15.9 Å². The lowest BCUT2D eigenvalue weighted by atomic mass is 10.2. The highest BCUT2D eigenvalue weighted by Crippen LogP contribution is 2.23. The van der Waals surface area contributed by atoms with E-state index in [9.17, 15) is 4.79 Å². The second kappa shape index (κ2) is 7.29. The van der Waals surface area contributed by atoms with Crippen molar-refractivity contribution in [3.8, 4) is 5.75 Å². The first-order valence-electron chi connectivity index (χ1n) is 5.26. The van der Waals surface area contributed by atoms with E-state index in [0.717, 1.165) is 10.0 Å². The zero-order chi connectivity index (χ0) is 12.7. The maximum atomic E-state index is 10.9. The molecule has 0 aliphatic carbocycles. The molecule has 0 aromatic heterocycles. The lowest BCUT2D eigenvalue weighted by Gasteiger charge is -2.10.